The molecule has 0 saturated carbocycles. The Bertz CT molecular complexity index is 896. The van der Waals surface area contributed by atoms with E-state index in [4.69, 9.17) is 23.2 Å². The quantitative estimate of drug-likeness (QED) is 0.667. The molecule has 0 unspecified atom stereocenters. The number of hydrogen-bond donors (Lipinski definition) is 2. The molecule has 28 heavy (non-hydrogen) atoms. The van der Waals surface area contributed by atoms with Crippen molar-refractivity contribution in [2.24, 2.45) is 5.41 Å². The number of benzene rings is 2. The van der Waals surface area contributed by atoms with Crippen LogP contribution in [0.3, 0.4) is 0 Å². The fraction of sp³-hybridized carbons (Fsp3) is 0.409. The Balaban J connectivity index is 2.27. The molecule has 0 aromatic heterocycles. The SMILES string of the molecule is CC(C)(C)C[C@@]1(c2ccc(Cl)cc2F)CN[C@@H](C(=O)O)[C@@H]1c1cccc(Cl)c1. The van der Waals surface area contributed by atoms with Gasteiger partial charge in [0.25, 0.3) is 0 Å². The van der Waals surface area contributed by atoms with E-state index in [1.54, 1.807) is 30.3 Å². The number of nitrogens with one attached hydrogen (secondary N) is 1. The van der Waals surface area contributed by atoms with Crippen molar-refractivity contribution in [3.05, 3.63) is 69.5 Å². The van der Waals surface area contributed by atoms with Crippen LogP contribution in [-0.2, 0) is 10.2 Å². The van der Waals surface area contributed by atoms with Crippen LogP contribution < -0.4 is 5.32 Å². The summed E-state index contributed by atoms with van der Waals surface area (Å²) in [5.74, 6) is -1.87. The minimum atomic E-state index is -0.963. The molecule has 3 nitrogen and oxygen atoms in total. The number of carboxylic acid groups (broad SMARTS) is 1. The zero-order valence-corrected chi connectivity index (χ0v) is 17.6. The molecule has 2 N–H and O–H groups in total. The van der Waals surface area contributed by atoms with Crippen molar-refractivity contribution in [1.29, 1.82) is 0 Å². The first-order valence-corrected chi connectivity index (χ1v) is 9.96. The molecule has 150 valence electrons. The van der Waals surface area contributed by atoms with E-state index in [0.29, 0.717) is 28.6 Å². The van der Waals surface area contributed by atoms with Crippen LogP contribution in [0.25, 0.3) is 0 Å². The van der Waals surface area contributed by atoms with Crippen LogP contribution in [0.4, 0.5) is 4.39 Å². The second kappa shape index (κ2) is 7.66. The number of hydrogen-bond acceptors (Lipinski definition) is 2. The van der Waals surface area contributed by atoms with Crippen molar-refractivity contribution < 1.29 is 14.3 Å². The van der Waals surface area contributed by atoms with Crippen LogP contribution in [0.5, 0.6) is 0 Å². The fourth-order valence-corrected chi connectivity index (χ4v) is 5.01. The standard InChI is InChI=1S/C22H24Cl2FNO2/c1-21(2,3)11-22(16-8-7-15(24)10-17(16)25)12-26-19(20(27)28)18(22)13-5-4-6-14(23)9-13/h4-10,18-19,26H,11-12H2,1-3H3,(H,27,28)/t18-,19+,22-/m0/s1. The highest BCUT2D eigenvalue weighted by Crippen LogP contribution is 2.52. The Hall–Kier alpha value is -1.62. The average Bonchev–Trinajstić information content (AvgIpc) is 2.93. The Morgan fingerprint density at radius 2 is 1.89 bits per heavy atom. The predicted octanol–water partition coefficient (Wildman–Crippen LogP) is 5.65. The van der Waals surface area contributed by atoms with E-state index in [1.165, 1.54) is 6.07 Å². The van der Waals surface area contributed by atoms with Crippen LogP contribution >= 0.6 is 23.2 Å². The molecular formula is C22H24Cl2FNO2. The molecule has 3 rings (SSSR count). The third kappa shape index (κ3) is 4.05. The van der Waals surface area contributed by atoms with E-state index in [1.807, 2.05) is 6.07 Å². The van der Waals surface area contributed by atoms with E-state index in [-0.39, 0.29) is 5.41 Å². The molecule has 0 amide bonds. The normalized spacial score (nSPS) is 25.1. The summed E-state index contributed by atoms with van der Waals surface area (Å²) >= 11 is 12.2. The van der Waals surface area contributed by atoms with Gasteiger partial charge >= 0.3 is 5.97 Å². The van der Waals surface area contributed by atoms with Gasteiger partial charge in [-0.1, -0.05) is 62.2 Å². The molecule has 0 aliphatic carbocycles. The summed E-state index contributed by atoms with van der Waals surface area (Å²) in [6.07, 6.45) is 0.590. The summed E-state index contributed by atoms with van der Waals surface area (Å²) < 4.78 is 15.1. The first kappa shape index (κ1) is 21.1. The fourth-order valence-electron chi connectivity index (χ4n) is 4.65. The van der Waals surface area contributed by atoms with Crippen LogP contribution in [-0.4, -0.2) is 23.7 Å². The van der Waals surface area contributed by atoms with E-state index < -0.39 is 29.2 Å². The van der Waals surface area contributed by atoms with Crippen molar-refractivity contribution in [2.75, 3.05) is 6.54 Å². The monoisotopic (exact) mass is 423 g/mol. The minimum Gasteiger partial charge on any atom is -0.480 e. The van der Waals surface area contributed by atoms with Crippen molar-refractivity contribution in [1.82, 2.24) is 5.32 Å². The van der Waals surface area contributed by atoms with Gasteiger partial charge in [-0.3, -0.25) is 4.79 Å². The van der Waals surface area contributed by atoms with Crippen molar-refractivity contribution in [3.63, 3.8) is 0 Å². The smallest absolute Gasteiger partial charge is 0.321 e. The van der Waals surface area contributed by atoms with Gasteiger partial charge in [0.2, 0.25) is 0 Å². The zero-order valence-electron chi connectivity index (χ0n) is 16.1. The molecule has 1 fully saturated rings. The predicted molar refractivity (Wildman–Crippen MR) is 111 cm³/mol. The molecule has 1 saturated heterocycles. The third-order valence-electron chi connectivity index (χ3n) is 5.35. The topological polar surface area (TPSA) is 49.3 Å². The van der Waals surface area contributed by atoms with E-state index in [9.17, 15) is 9.90 Å². The van der Waals surface area contributed by atoms with Crippen LogP contribution in [0, 0.1) is 11.2 Å². The molecule has 1 aliphatic heterocycles. The molecule has 2 aromatic carbocycles. The lowest BCUT2D eigenvalue weighted by Crippen LogP contribution is -2.41. The molecular weight excluding hydrogens is 400 g/mol. The van der Waals surface area contributed by atoms with Crippen LogP contribution in [0.2, 0.25) is 10.0 Å². The molecule has 3 atom stereocenters. The highest BCUT2D eigenvalue weighted by atomic mass is 35.5. The lowest BCUT2D eigenvalue weighted by Gasteiger charge is -2.41. The molecule has 6 heteroatoms. The lowest BCUT2D eigenvalue weighted by molar-refractivity contribution is -0.139. The summed E-state index contributed by atoms with van der Waals surface area (Å²) in [4.78, 5) is 12.1. The second-order valence-electron chi connectivity index (χ2n) is 8.75. The first-order valence-electron chi connectivity index (χ1n) is 9.21. The van der Waals surface area contributed by atoms with Gasteiger partial charge in [0.1, 0.15) is 11.9 Å². The summed E-state index contributed by atoms with van der Waals surface area (Å²) in [6.45, 7) is 6.57. The third-order valence-corrected chi connectivity index (χ3v) is 5.82. The number of rotatable bonds is 4. The Morgan fingerprint density at radius 1 is 1.21 bits per heavy atom. The Labute approximate surface area is 174 Å². The highest BCUT2D eigenvalue weighted by Gasteiger charge is 2.54. The largest absolute Gasteiger partial charge is 0.480 e. The zero-order chi connectivity index (χ0) is 20.7. The maximum absolute atomic E-state index is 15.1. The number of aliphatic carboxylic acids is 1. The van der Waals surface area contributed by atoms with Crippen molar-refractivity contribution in [2.45, 2.75) is 44.6 Å². The van der Waals surface area contributed by atoms with Gasteiger partial charge in [0.05, 0.1) is 0 Å². The Morgan fingerprint density at radius 3 is 2.46 bits per heavy atom. The number of halogens is 3. The first-order chi connectivity index (χ1) is 13.0. The molecule has 1 heterocycles. The Kier molecular flexibility index (Phi) is 5.77. The van der Waals surface area contributed by atoms with Crippen LogP contribution in [0.1, 0.15) is 44.2 Å². The van der Waals surface area contributed by atoms with Gasteiger partial charge in [-0.2, -0.15) is 0 Å². The van der Waals surface area contributed by atoms with Crippen molar-refractivity contribution in [3.8, 4) is 0 Å². The minimum absolute atomic E-state index is 0.169. The average molecular weight is 424 g/mol. The summed E-state index contributed by atoms with van der Waals surface area (Å²) in [5, 5.41) is 13.9. The lowest BCUT2D eigenvalue weighted by atomic mass is 9.61. The highest BCUT2D eigenvalue weighted by molar-refractivity contribution is 6.30. The number of carboxylic acids is 1. The summed E-state index contributed by atoms with van der Waals surface area (Å²) in [7, 11) is 0. The van der Waals surface area contributed by atoms with E-state index in [0.717, 1.165) is 5.56 Å². The molecule has 0 spiro atoms. The van der Waals surface area contributed by atoms with Gasteiger partial charge in [0, 0.05) is 27.9 Å². The molecule has 0 radical (unpaired) electrons. The van der Waals surface area contributed by atoms with Gasteiger partial charge < -0.3 is 10.4 Å². The van der Waals surface area contributed by atoms with E-state index >= 15 is 4.39 Å². The molecule has 2 aromatic rings. The van der Waals surface area contributed by atoms with Gasteiger partial charge in [-0.15, -0.1) is 0 Å². The summed E-state index contributed by atoms with van der Waals surface area (Å²) in [5.41, 5.74) is 0.329. The van der Waals surface area contributed by atoms with E-state index in [2.05, 4.69) is 26.1 Å². The maximum Gasteiger partial charge on any atom is 0.321 e. The van der Waals surface area contributed by atoms with Gasteiger partial charge in [0.15, 0.2) is 0 Å². The van der Waals surface area contributed by atoms with Crippen LogP contribution in [0.15, 0.2) is 42.5 Å². The molecule has 0 bridgehead atoms. The van der Waals surface area contributed by atoms with Crippen molar-refractivity contribution >= 4 is 29.2 Å². The summed E-state index contributed by atoms with van der Waals surface area (Å²) in [6, 6.07) is 11.0. The van der Waals surface area contributed by atoms with Gasteiger partial charge in [-0.05, 0) is 47.2 Å². The molecule has 1 aliphatic rings. The maximum atomic E-state index is 15.1. The number of carbonyl (C=O) groups is 1. The second-order valence-corrected chi connectivity index (χ2v) is 9.62. The van der Waals surface area contributed by atoms with Gasteiger partial charge in [-0.25, -0.2) is 4.39 Å².